The van der Waals surface area contributed by atoms with E-state index in [9.17, 15) is 4.79 Å². The number of aromatic nitrogens is 3. The second-order valence-electron chi connectivity index (χ2n) is 11.4. The molecule has 4 aromatic rings. The summed E-state index contributed by atoms with van der Waals surface area (Å²) in [4.78, 5) is 23.0. The van der Waals surface area contributed by atoms with Gasteiger partial charge in [-0.3, -0.25) is 9.48 Å². The van der Waals surface area contributed by atoms with Crippen LogP contribution < -0.4 is 9.80 Å². The molecule has 41 heavy (non-hydrogen) atoms. The molecule has 0 spiro atoms. The van der Waals surface area contributed by atoms with Gasteiger partial charge in [-0.1, -0.05) is 61.7 Å². The van der Waals surface area contributed by atoms with Crippen molar-refractivity contribution in [2.24, 2.45) is 13.0 Å². The molecular formula is C35H39N5O. The van der Waals surface area contributed by atoms with Crippen LogP contribution in [0.1, 0.15) is 61.8 Å². The Morgan fingerprint density at radius 3 is 2.39 bits per heavy atom. The molecule has 2 aliphatic rings. The summed E-state index contributed by atoms with van der Waals surface area (Å²) >= 11 is 0. The van der Waals surface area contributed by atoms with Gasteiger partial charge in [0.05, 0.1) is 12.2 Å². The van der Waals surface area contributed by atoms with Crippen molar-refractivity contribution in [1.82, 2.24) is 14.8 Å². The van der Waals surface area contributed by atoms with E-state index in [-0.39, 0.29) is 11.8 Å². The lowest BCUT2D eigenvalue weighted by Gasteiger charge is -2.30. The molecule has 3 heterocycles. The fourth-order valence-corrected chi connectivity index (χ4v) is 6.07. The number of hydrogen-bond acceptors (Lipinski definition) is 4. The lowest BCUT2D eigenvalue weighted by atomic mass is 9.88. The Balaban J connectivity index is 1.22. The summed E-state index contributed by atoms with van der Waals surface area (Å²) in [7, 11) is 1.94. The molecule has 6 nitrogen and oxygen atoms in total. The van der Waals surface area contributed by atoms with Crippen LogP contribution in [0.2, 0.25) is 0 Å². The van der Waals surface area contributed by atoms with Gasteiger partial charge >= 0.3 is 0 Å². The zero-order chi connectivity index (χ0) is 28.0. The molecule has 0 bridgehead atoms. The van der Waals surface area contributed by atoms with E-state index >= 15 is 0 Å². The number of aryl methyl sites for hydroxylation is 1. The minimum absolute atomic E-state index is 0.0943. The van der Waals surface area contributed by atoms with Gasteiger partial charge in [-0.05, 0) is 78.8 Å². The molecule has 6 heteroatoms. The zero-order valence-electron chi connectivity index (χ0n) is 24.0. The maximum atomic E-state index is 13.9. The normalized spacial score (nSPS) is 16.0. The first kappa shape index (κ1) is 27.0. The van der Waals surface area contributed by atoms with E-state index in [1.165, 1.54) is 19.3 Å². The predicted octanol–water partition coefficient (Wildman–Crippen LogP) is 7.37. The highest BCUT2D eigenvalue weighted by Crippen LogP contribution is 2.30. The molecule has 1 aliphatic heterocycles. The maximum absolute atomic E-state index is 13.9. The van der Waals surface area contributed by atoms with E-state index in [1.54, 1.807) is 6.20 Å². The van der Waals surface area contributed by atoms with Gasteiger partial charge in [0.15, 0.2) is 0 Å². The van der Waals surface area contributed by atoms with Gasteiger partial charge in [0.1, 0.15) is 5.82 Å². The van der Waals surface area contributed by atoms with Crippen LogP contribution in [0.3, 0.4) is 0 Å². The van der Waals surface area contributed by atoms with Crippen LogP contribution in [0.15, 0.2) is 79.1 Å². The molecule has 0 radical (unpaired) electrons. The van der Waals surface area contributed by atoms with Crippen molar-refractivity contribution < 1.29 is 4.79 Å². The van der Waals surface area contributed by atoms with Crippen molar-refractivity contribution in [3.05, 3.63) is 95.9 Å². The van der Waals surface area contributed by atoms with E-state index in [2.05, 4.69) is 76.7 Å². The molecule has 0 atom stereocenters. The smallest absolute Gasteiger partial charge is 0.230 e. The summed E-state index contributed by atoms with van der Waals surface area (Å²) in [5, 5.41) is 4.25. The first-order chi connectivity index (χ1) is 20.1. The molecule has 0 N–H and O–H groups in total. The van der Waals surface area contributed by atoms with E-state index in [0.29, 0.717) is 6.54 Å². The van der Waals surface area contributed by atoms with Crippen LogP contribution >= 0.6 is 0 Å². The molecule has 1 saturated carbocycles. The Morgan fingerprint density at radius 2 is 1.68 bits per heavy atom. The van der Waals surface area contributed by atoms with E-state index in [1.807, 2.05) is 35.0 Å². The highest BCUT2D eigenvalue weighted by Gasteiger charge is 2.27. The van der Waals surface area contributed by atoms with Crippen molar-refractivity contribution >= 4 is 29.6 Å². The number of amides is 1. The van der Waals surface area contributed by atoms with Crippen molar-refractivity contribution in [1.29, 1.82) is 0 Å². The minimum atomic E-state index is 0.0943. The summed E-state index contributed by atoms with van der Waals surface area (Å²) in [6, 6.07) is 23.2. The summed E-state index contributed by atoms with van der Waals surface area (Å²) in [5.74, 6) is 1.40. The summed E-state index contributed by atoms with van der Waals surface area (Å²) < 4.78 is 1.85. The van der Waals surface area contributed by atoms with Crippen LogP contribution in [0, 0.1) is 5.92 Å². The monoisotopic (exact) mass is 545 g/mol. The molecular weight excluding hydrogens is 506 g/mol. The molecule has 2 fully saturated rings. The number of benzene rings is 2. The highest BCUT2D eigenvalue weighted by molar-refractivity contribution is 5.95. The fraction of sp³-hybridized carbons (Fsp3) is 0.343. The van der Waals surface area contributed by atoms with Crippen LogP contribution in [-0.4, -0.2) is 33.8 Å². The summed E-state index contributed by atoms with van der Waals surface area (Å²) in [6.07, 6.45) is 15.9. The Morgan fingerprint density at radius 1 is 0.902 bits per heavy atom. The lowest BCUT2D eigenvalue weighted by molar-refractivity contribution is -0.123. The second kappa shape index (κ2) is 12.5. The number of pyridine rings is 1. The minimum Gasteiger partial charge on any atom is -0.357 e. The largest absolute Gasteiger partial charge is 0.357 e. The van der Waals surface area contributed by atoms with Crippen molar-refractivity contribution in [3.8, 4) is 11.1 Å². The fourth-order valence-electron chi connectivity index (χ4n) is 6.07. The van der Waals surface area contributed by atoms with Gasteiger partial charge < -0.3 is 9.80 Å². The summed E-state index contributed by atoms with van der Waals surface area (Å²) in [6.45, 7) is 2.75. The average Bonchev–Trinajstić information content (AvgIpc) is 3.72. The SMILES string of the molecule is Cn1nccc1/C=C/c1cccc(N(Cc2ccc(-c3ccc(N4CCCC4)nc3)cc2)C(=O)C2CCCCC2)c1. The number of nitrogens with zero attached hydrogens (tertiary/aromatic N) is 5. The van der Waals surface area contributed by atoms with Gasteiger partial charge in [0.2, 0.25) is 5.91 Å². The Labute approximate surface area is 243 Å². The Kier molecular flexibility index (Phi) is 8.26. The number of hydrogen-bond donors (Lipinski definition) is 0. The van der Waals surface area contributed by atoms with Crippen LogP contribution in [0.25, 0.3) is 23.3 Å². The molecule has 1 amide bonds. The second-order valence-corrected chi connectivity index (χ2v) is 11.4. The molecule has 210 valence electrons. The van der Waals surface area contributed by atoms with E-state index in [4.69, 9.17) is 4.98 Å². The molecule has 1 saturated heterocycles. The van der Waals surface area contributed by atoms with E-state index < -0.39 is 0 Å². The third-order valence-corrected chi connectivity index (χ3v) is 8.51. The van der Waals surface area contributed by atoms with Crippen LogP contribution in [-0.2, 0) is 18.4 Å². The van der Waals surface area contributed by atoms with Crippen LogP contribution in [0.4, 0.5) is 11.5 Å². The standard InChI is InChI=1S/C35H39N5O/c1-38-32(20-21-37-38)18-14-27-8-7-11-33(24-27)40(35(41)30-9-3-2-4-10-30)26-28-12-15-29(16-13-28)31-17-19-34(36-25-31)39-22-5-6-23-39/h7-8,11-21,24-25,30H,2-6,9-10,22-23,26H2,1H3/b18-14+. The Bertz CT molecular complexity index is 1480. The van der Waals surface area contributed by atoms with Crippen molar-refractivity contribution in [2.45, 2.75) is 51.5 Å². The van der Waals surface area contributed by atoms with Crippen LogP contribution in [0.5, 0.6) is 0 Å². The topological polar surface area (TPSA) is 54.3 Å². The predicted molar refractivity (Wildman–Crippen MR) is 167 cm³/mol. The summed E-state index contributed by atoms with van der Waals surface area (Å²) in [5.41, 5.74) is 6.41. The van der Waals surface area contributed by atoms with Gasteiger partial charge in [-0.25, -0.2) is 4.98 Å². The number of carbonyl (C=O) groups excluding carboxylic acids is 1. The molecule has 2 aromatic carbocycles. The van der Waals surface area contributed by atoms with Gasteiger partial charge in [0.25, 0.3) is 0 Å². The molecule has 2 aromatic heterocycles. The first-order valence-electron chi connectivity index (χ1n) is 15.0. The number of rotatable bonds is 8. The maximum Gasteiger partial charge on any atom is 0.230 e. The van der Waals surface area contributed by atoms with Gasteiger partial charge in [0, 0.05) is 49.7 Å². The van der Waals surface area contributed by atoms with E-state index in [0.717, 1.165) is 78.2 Å². The third-order valence-electron chi connectivity index (χ3n) is 8.51. The average molecular weight is 546 g/mol. The van der Waals surface area contributed by atoms with Crippen molar-refractivity contribution in [3.63, 3.8) is 0 Å². The first-order valence-corrected chi connectivity index (χ1v) is 15.0. The number of anilines is 2. The van der Waals surface area contributed by atoms with Crippen molar-refractivity contribution in [2.75, 3.05) is 22.9 Å². The number of carbonyl (C=O) groups is 1. The molecule has 0 unspecified atom stereocenters. The quantitative estimate of drug-likeness (QED) is 0.232. The molecule has 1 aliphatic carbocycles. The Hall–Kier alpha value is -4.19. The zero-order valence-corrected chi connectivity index (χ0v) is 24.0. The third kappa shape index (κ3) is 6.43. The van der Waals surface area contributed by atoms with Gasteiger partial charge in [-0.2, -0.15) is 5.10 Å². The highest BCUT2D eigenvalue weighted by atomic mass is 16.2. The lowest BCUT2D eigenvalue weighted by Crippen LogP contribution is -2.36. The molecule has 6 rings (SSSR count). The van der Waals surface area contributed by atoms with Gasteiger partial charge in [-0.15, -0.1) is 0 Å².